The summed E-state index contributed by atoms with van der Waals surface area (Å²) in [6.07, 6.45) is 2.32. The van der Waals surface area contributed by atoms with Crippen LogP contribution in [0.2, 0.25) is 0 Å². The molecule has 1 fully saturated rings. The monoisotopic (exact) mass is 217 g/mol. The van der Waals surface area contributed by atoms with E-state index < -0.39 is 0 Å². The van der Waals surface area contributed by atoms with Crippen molar-refractivity contribution < 1.29 is 0 Å². The third-order valence-electron chi connectivity index (χ3n) is 3.01. The van der Waals surface area contributed by atoms with Gasteiger partial charge in [0.05, 0.1) is 6.04 Å². The number of nitrogens with one attached hydrogen (secondary N) is 1. The summed E-state index contributed by atoms with van der Waals surface area (Å²) < 4.78 is 1.82. The molecule has 0 aliphatic carbocycles. The third kappa shape index (κ3) is 1.48. The van der Waals surface area contributed by atoms with E-state index in [-0.39, 0.29) is 0 Å². The highest BCUT2D eigenvalue weighted by molar-refractivity contribution is 5.31. The van der Waals surface area contributed by atoms with Gasteiger partial charge in [0.2, 0.25) is 0 Å². The average Bonchev–Trinajstić information content (AvgIpc) is 2.82. The molecule has 2 aromatic rings. The zero-order chi connectivity index (χ0) is 11.1. The van der Waals surface area contributed by atoms with Crippen molar-refractivity contribution in [2.24, 2.45) is 0 Å². The maximum absolute atomic E-state index is 4.52. The third-order valence-corrected chi connectivity index (χ3v) is 3.01. The minimum absolute atomic E-state index is 0.307. The van der Waals surface area contributed by atoms with Gasteiger partial charge in [0.15, 0.2) is 5.82 Å². The Morgan fingerprint density at radius 2 is 2.25 bits per heavy atom. The molecular weight excluding hydrogens is 202 g/mol. The van der Waals surface area contributed by atoms with Gasteiger partial charge in [-0.2, -0.15) is 4.98 Å². The maximum Gasteiger partial charge on any atom is 0.252 e. The molecule has 5 nitrogen and oxygen atoms in total. The molecule has 1 saturated heterocycles. The molecule has 1 aliphatic rings. The van der Waals surface area contributed by atoms with Gasteiger partial charge in [0, 0.05) is 11.4 Å². The van der Waals surface area contributed by atoms with Crippen LogP contribution in [0.4, 0.5) is 0 Å². The van der Waals surface area contributed by atoms with Crippen LogP contribution >= 0.6 is 0 Å². The Labute approximate surface area is 93.9 Å². The second-order valence-electron chi connectivity index (χ2n) is 4.37. The van der Waals surface area contributed by atoms with E-state index in [1.54, 1.807) is 0 Å². The molecular formula is C11H15N5. The van der Waals surface area contributed by atoms with E-state index in [0.29, 0.717) is 11.8 Å². The van der Waals surface area contributed by atoms with Crippen molar-refractivity contribution in [2.75, 3.05) is 6.54 Å². The molecule has 1 atom stereocenters. The van der Waals surface area contributed by atoms with Crippen LogP contribution in [0.25, 0.3) is 5.78 Å². The second-order valence-corrected chi connectivity index (χ2v) is 4.37. The van der Waals surface area contributed by atoms with Crippen molar-refractivity contribution in [2.45, 2.75) is 32.7 Å². The summed E-state index contributed by atoms with van der Waals surface area (Å²) in [7, 11) is 0. The van der Waals surface area contributed by atoms with Crippen molar-refractivity contribution in [3.05, 3.63) is 23.3 Å². The van der Waals surface area contributed by atoms with E-state index >= 15 is 0 Å². The lowest BCUT2D eigenvalue weighted by molar-refractivity contribution is 0.603. The van der Waals surface area contributed by atoms with Crippen LogP contribution in [0.15, 0.2) is 6.07 Å². The zero-order valence-electron chi connectivity index (χ0n) is 9.56. The summed E-state index contributed by atoms with van der Waals surface area (Å²) in [4.78, 5) is 8.88. The largest absolute Gasteiger partial charge is 0.307 e. The quantitative estimate of drug-likeness (QED) is 0.779. The van der Waals surface area contributed by atoms with E-state index in [9.17, 15) is 0 Å². The summed E-state index contributed by atoms with van der Waals surface area (Å²) in [6.45, 7) is 5.07. The second kappa shape index (κ2) is 3.52. The summed E-state index contributed by atoms with van der Waals surface area (Å²) in [5, 5.41) is 7.92. The Kier molecular flexibility index (Phi) is 2.14. The predicted octanol–water partition coefficient (Wildman–Crippen LogP) is 1.17. The Morgan fingerprint density at radius 3 is 3.00 bits per heavy atom. The van der Waals surface area contributed by atoms with E-state index in [4.69, 9.17) is 0 Å². The molecule has 0 radical (unpaired) electrons. The number of aromatic nitrogens is 4. The number of rotatable bonds is 1. The van der Waals surface area contributed by atoms with Gasteiger partial charge in [0.1, 0.15) is 0 Å². The molecule has 84 valence electrons. The first-order chi connectivity index (χ1) is 7.74. The van der Waals surface area contributed by atoms with Crippen LogP contribution in [0.3, 0.4) is 0 Å². The van der Waals surface area contributed by atoms with Gasteiger partial charge in [-0.3, -0.25) is 0 Å². The van der Waals surface area contributed by atoms with Gasteiger partial charge < -0.3 is 5.32 Å². The van der Waals surface area contributed by atoms with E-state index in [2.05, 4.69) is 20.4 Å². The van der Waals surface area contributed by atoms with Crippen molar-refractivity contribution in [3.8, 4) is 0 Å². The van der Waals surface area contributed by atoms with Crippen molar-refractivity contribution >= 4 is 5.78 Å². The predicted molar refractivity (Wildman–Crippen MR) is 60.2 cm³/mol. The van der Waals surface area contributed by atoms with E-state index in [1.807, 2.05) is 24.4 Å². The molecule has 0 aromatic carbocycles. The minimum atomic E-state index is 0.307. The van der Waals surface area contributed by atoms with Crippen LogP contribution in [0, 0.1) is 13.8 Å². The fourth-order valence-corrected chi connectivity index (χ4v) is 2.23. The molecule has 3 rings (SSSR count). The topological polar surface area (TPSA) is 55.1 Å². The van der Waals surface area contributed by atoms with Gasteiger partial charge in [-0.1, -0.05) is 0 Å². The van der Waals surface area contributed by atoms with Gasteiger partial charge >= 0.3 is 0 Å². The number of fused-ring (bicyclic) bond motifs is 1. The highest BCUT2D eigenvalue weighted by atomic mass is 15.3. The normalized spacial score (nSPS) is 20.8. The first-order valence-corrected chi connectivity index (χ1v) is 5.68. The number of hydrogen-bond donors (Lipinski definition) is 1. The Bertz CT molecular complexity index is 524. The van der Waals surface area contributed by atoms with Crippen LogP contribution in [0.1, 0.15) is 36.1 Å². The van der Waals surface area contributed by atoms with Gasteiger partial charge in [-0.15, -0.1) is 5.10 Å². The van der Waals surface area contributed by atoms with Crippen molar-refractivity contribution in [1.29, 1.82) is 0 Å². The molecule has 16 heavy (non-hydrogen) atoms. The fourth-order valence-electron chi connectivity index (χ4n) is 2.23. The zero-order valence-corrected chi connectivity index (χ0v) is 9.56. The number of aryl methyl sites for hydroxylation is 2. The van der Waals surface area contributed by atoms with Crippen LogP contribution in [0.5, 0.6) is 0 Å². The highest BCUT2D eigenvalue weighted by Gasteiger charge is 2.21. The van der Waals surface area contributed by atoms with Crippen LogP contribution in [-0.2, 0) is 0 Å². The first kappa shape index (κ1) is 9.72. The van der Waals surface area contributed by atoms with Gasteiger partial charge in [-0.05, 0) is 39.3 Å². The molecule has 0 spiro atoms. The lowest BCUT2D eigenvalue weighted by Crippen LogP contribution is -2.14. The minimum Gasteiger partial charge on any atom is -0.307 e. The summed E-state index contributed by atoms with van der Waals surface area (Å²) in [6, 6.07) is 2.33. The molecule has 3 heterocycles. The molecule has 0 bridgehead atoms. The Morgan fingerprint density at radius 1 is 1.38 bits per heavy atom. The summed E-state index contributed by atoms with van der Waals surface area (Å²) in [5.74, 6) is 1.58. The van der Waals surface area contributed by atoms with Crippen LogP contribution < -0.4 is 5.32 Å². The standard InChI is InChI=1S/C11H15N5/c1-7-6-8(2)16-11(13-7)14-10(15-16)9-4-3-5-12-9/h6,9,12H,3-5H2,1-2H3. The first-order valence-electron chi connectivity index (χ1n) is 5.68. The number of hydrogen-bond acceptors (Lipinski definition) is 4. The van der Waals surface area contributed by atoms with Crippen LogP contribution in [-0.4, -0.2) is 26.1 Å². The molecule has 1 aliphatic heterocycles. The van der Waals surface area contributed by atoms with Crippen molar-refractivity contribution in [1.82, 2.24) is 24.9 Å². The van der Waals surface area contributed by atoms with E-state index in [1.165, 1.54) is 6.42 Å². The molecule has 0 saturated carbocycles. The smallest absolute Gasteiger partial charge is 0.252 e. The number of nitrogens with zero attached hydrogens (tertiary/aromatic N) is 4. The Hall–Kier alpha value is -1.49. The molecule has 1 unspecified atom stereocenters. The molecule has 2 aromatic heterocycles. The SMILES string of the molecule is Cc1cc(C)n2nc(C3CCCN3)nc2n1. The lowest BCUT2D eigenvalue weighted by Gasteiger charge is -2.02. The Balaban J connectivity index is 2.11. The average molecular weight is 217 g/mol. The summed E-state index contributed by atoms with van der Waals surface area (Å²) >= 11 is 0. The van der Waals surface area contributed by atoms with Gasteiger partial charge in [-0.25, -0.2) is 9.50 Å². The molecule has 1 N–H and O–H groups in total. The fraction of sp³-hybridized carbons (Fsp3) is 0.545. The molecule has 5 heteroatoms. The highest BCUT2D eigenvalue weighted by Crippen LogP contribution is 2.20. The van der Waals surface area contributed by atoms with Crippen molar-refractivity contribution in [3.63, 3.8) is 0 Å². The maximum atomic E-state index is 4.52. The summed E-state index contributed by atoms with van der Waals surface area (Å²) in [5.41, 5.74) is 2.07. The lowest BCUT2D eigenvalue weighted by atomic mass is 10.2. The molecule has 0 amide bonds. The van der Waals surface area contributed by atoms with Gasteiger partial charge in [0.25, 0.3) is 5.78 Å². The van der Waals surface area contributed by atoms with E-state index in [0.717, 1.165) is 30.2 Å².